The maximum Gasteiger partial charge on any atom is 0.511 e. The summed E-state index contributed by atoms with van der Waals surface area (Å²) in [5.41, 5.74) is -3.94. The highest BCUT2D eigenvalue weighted by atomic mass is 32.2. The Hall–Kier alpha value is -2.14. The number of hydrogen-bond acceptors (Lipinski definition) is 5. The second kappa shape index (κ2) is 6.45. The van der Waals surface area contributed by atoms with E-state index in [0.29, 0.717) is 15.2 Å². The van der Waals surface area contributed by atoms with Crippen molar-refractivity contribution in [3.05, 3.63) is 29.5 Å². The maximum absolute atomic E-state index is 12.8. The third-order valence-corrected chi connectivity index (χ3v) is 6.97. The molecule has 1 saturated heterocycles. The molecule has 1 saturated carbocycles. The number of nitrogens with zero attached hydrogens (tertiary/aromatic N) is 3. The first-order chi connectivity index (χ1) is 13.1. The van der Waals surface area contributed by atoms with Crippen LogP contribution in [-0.2, 0) is 10.0 Å². The first kappa shape index (κ1) is 19.2. The van der Waals surface area contributed by atoms with Gasteiger partial charge < -0.3 is 9.90 Å². The number of sulfonamides is 1. The number of halogens is 3. The molecule has 152 valence electrons. The van der Waals surface area contributed by atoms with Crippen molar-refractivity contribution in [3.8, 4) is 0 Å². The number of hydrogen-bond donors (Lipinski definition) is 0. The van der Waals surface area contributed by atoms with Crippen molar-refractivity contribution < 1.29 is 31.5 Å². The van der Waals surface area contributed by atoms with Crippen LogP contribution in [0.3, 0.4) is 0 Å². The van der Waals surface area contributed by atoms with Crippen LogP contribution in [0, 0.1) is 0 Å². The normalized spacial score (nSPS) is 20.0. The van der Waals surface area contributed by atoms with Crippen LogP contribution in [0.15, 0.2) is 18.2 Å². The molecule has 2 aliphatic rings. The van der Waals surface area contributed by atoms with Gasteiger partial charge >= 0.3 is 15.5 Å². The van der Waals surface area contributed by atoms with Gasteiger partial charge in [0.2, 0.25) is 0 Å². The molecule has 0 spiro atoms. The van der Waals surface area contributed by atoms with E-state index in [1.165, 1.54) is 12.1 Å². The zero-order chi connectivity index (χ0) is 20.3. The molecule has 1 aliphatic heterocycles. The van der Waals surface area contributed by atoms with Gasteiger partial charge in [-0.25, -0.2) is 8.42 Å². The second-order valence-corrected chi connectivity index (χ2v) is 9.13. The van der Waals surface area contributed by atoms with E-state index in [0.717, 1.165) is 18.5 Å². The SMILES string of the molecule is O=C([O-])c1ccc2nn(C3CC3)c(C3CCN(S(=O)(=O)C(F)(F)F)CC3)c2c1. The van der Waals surface area contributed by atoms with Gasteiger partial charge in [-0.2, -0.15) is 22.6 Å². The highest BCUT2D eigenvalue weighted by Crippen LogP contribution is 2.42. The summed E-state index contributed by atoms with van der Waals surface area (Å²) in [5, 5.41) is 16.4. The summed E-state index contributed by atoms with van der Waals surface area (Å²) in [7, 11) is -5.34. The van der Waals surface area contributed by atoms with E-state index >= 15 is 0 Å². The highest BCUT2D eigenvalue weighted by molar-refractivity contribution is 7.90. The third-order valence-electron chi connectivity index (χ3n) is 5.34. The topological polar surface area (TPSA) is 95.3 Å². The van der Waals surface area contributed by atoms with Gasteiger partial charge in [0, 0.05) is 30.1 Å². The Morgan fingerprint density at radius 2 is 1.79 bits per heavy atom. The smallest absolute Gasteiger partial charge is 0.511 e. The number of rotatable bonds is 4. The number of aromatic nitrogens is 2. The van der Waals surface area contributed by atoms with E-state index < -0.39 is 21.5 Å². The predicted molar refractivity (Wildman–Crippen MR) is 90.9 cm³/mol. The van der Waals surface area contributed by atoms with Crippen LogP contribution in [0.1, 0.15) is 53.7 Å². The summed E-state index contributed by atoms with van der Waals surface area (Å²) in [6.45, 7) is -0.492. The van der Waals surface area contributed by atoms with Crippen LogP contribution in [0.5, 0.6) is 0 Å². The molecular formula is C17H17F3N3O4S-. The summed E-state index contributed by atoms with van der Waals surface area (Å²) in [6, 6.07) is 4.66. The highest BCUT2D eigenvalue weighted by Gasteiger charge is 2.50. The maximum atomic E-state index is 12.8. The third kappa shape index (κ3) is 3.16. The molecule has 1 aromatic carbocycles. The summed E-state index contributed by atoms with van der Waals surface area (Å²) in [4.78, 5) is 11.2. The lowest BCUT2D eigenvalue weighted by Crippen LogP contribution is -2.44. The minimum Gasteiger partial charge on any atom is -0.545 e. The molecule has 2 fully saturated rings. The Kier molecular flexibility index (Phi) is 4.42. The van der Waals surface area contributed by atoms with Gasteiger partial charge in [-0.05, 0) is 43.4 Å². The molecule has 28 heavy (non-hydrogen) atoms. The van der Waals surface area contributed by atoms with Crippen molar-refractivity contribution >= 4 is 26.9 Å². The molecule has 7 nitrogen and oxygen atoms in total. The van der Waals surface area contributed by atoms with Gasteiger partial charge in [-0.15, -0.1) is 0 Å². The minimum absolute atomic E-state index is 0.00109. The minimum atomic E-state index is -5.34. The molecule has 1 aliphatic carbocycles. The molecule has 0 bridgehead atoms. The number of fused-ring (bicyclic) bond motifs is 1. The Bertz CT molecular complexity index is 1040. The molecule has 0 unspecified atom stereocenters. The molecule has 11 heteroatoms. The van der Waals surface area contributed by atoms with E-state index in [4.69, 9.17) is 0 Å². The van der Waals surface area contributed by atoms with Crippen molar-refractivity contribution in [2.45, 2.75) is 43.2 Å². The Morgan fingerprint density at radius 3 is 2.32 bits per heavy atom. The molecule has 0 N–H and O–H groups in total. The molecule has 0 radical (unpaired) electrons. The zero-order valence-electron chi connectivity index (χ0n) is 14.6. The fraction of sp³-hybridized carbons (Fsp3) is 0.529. The van der Waals surface area contributed by atoms with E-state index in [2.05, 4.69) is 5.10 Å². The average molecular weight is 416 g/mol. The molecule has 0 amide bonds. The number of carbonyl (C=O) groups is 1. The van der Waals surface area contributed by atoms with Crippen molar-refractivity contribution in [1.29, 1.82) is 0 Å². The zero-order valence-corrected chi connectivity index (χ0v) is 15.5. The lowest BCUT2D eigenvalue weighted by molar-refractivity contribution is -0.255. The predicted octanol–water partition coefficient (Wildman–Crippen LogP) is 1.76. The number of aromatic carboxylic acids is 1. The first-order valence-corrected chi connectivity index (χ1v) is 10.3. The van der Waals surface area contributed by atoms with Crippen LogP contribution in [0.2, 0.25) is 0 Å². The Morgan fingerprint density at radius 1 is 1.14 bits per heavy atom. The fourth-order valence-electron chi connectivity index (χ4n) is 3.77. The van der Waals surface area contributed by atoms with Crippen molar-refractivity contribution in [1.82, 2.24) is 14.1 Å². The van der Waals surface area contributed by atoms with Gasteiger partial charge in [0.05, 0.1) is 17.5 Å². The van der Waals surface area contributed by atoms with Gasteiger partial charge in [-0.1, -0.05) is 6.07 Å². The standard InChI is InChI=1S/C17H18F3N3O4S/c18-17(19,20)28(26,27)22-7-5-10(6-8-22)15-13-9-11(16(24)25)1-4-14(13)21-23(15)12-2-3-12/h1,4,9-10,12H,2-3,5-8H2,(H,24,25)/p-1. The number of carboxylic acids is 1. The second-order valence-electron chi connectivity index (χ2n) is 7.20. The molecule has 2 heterocycles. The summed E-state index contributed by atoms with van der Waals surface area (Å²) in [6.07, 6.45) is 2.27. The number of piperidine rings is 1. The van der Waals surface area contributed by atoms with E-state index in [-0.39, 0.29) is 43.5 Å². The monoisotopic (exact) mass is 416 g/mol. The Balaban J connectivity index is 1.67. The quantitative estimate of drug-likeness (QED) is 0.757. The first-order valence-electron chi connectivity index (χ1n) is 8.89. The molecule has 1 aromatic heterocycles. The van der Waals surface area contributed by atoms with Gasteiger partial charge in [0.1, 0.15) is 0 Å². The van der Waals surface area contributed by atoms with Crippen molar-refractivity contribution in [2.24, 2.45) is 0 Å². The van der Waals surface area contributed by atoms with Crippen molar-refractivity contribution in [2.75, 3.05) is 13.1 Å². The number of carboxylic acid groups (broad SMARTS) is 1. The fourth-order valence-corrected chi connectivity index (χ4v) is 4.75. The van der Waals surface area contributed by atoms with Crippen LogP contribution in [0.25, 0.3) is 10.9 Å². The molecular weight excluding hydrogens is 399 g/mol. The lowest BCUT2D eigenvalue weighted by Gasteiger charge is -2.32. The van der Waals surface area contributed by atoms with Crippen molar-refractivity contribution in [3.63, 3.8) is 0 Å². The van der Waals surface area contributed by atoms with Gasteiger partial charge in [0.25, 0.3) is 0 Å². The van der Waals surface area contributed by atoms with E-state index in [9.17, 15) is 31.5 Å². The van der Waals surface area contributed by atoms with Crippen LogP contribution < -0.4 is 5.11 Å². The summed E-state index contributed by atoms with van der Waals surface area (Å²) >= 11 is 0. The van der Waals surface area contributed by atoms with Crippen LogP contribution in [-0.4, -0.2) is 47.1 Å². The van der Waals surface area contributed by atoms with E-state index in [1.54, 1.807) is 6.07 Å². The van der Waals surface area contributed by atoms with Gasteiger partial charge in [-0.3, -0.25) is 4.68 Å². The number of carbonyl (C=O) groups excluding carboxylic acids is 1. The molecule has 4 rings (SSSR count). The van der Waals surface area contributed by atoms with E-state index in [1.807, 2.05) is 4.68 Å². The molecule has 2 aromatic rings. The summed E-state index contributed by atoms with van der Waals surface area (Å²) < 4.78 is 63.9. The molecule has 0 atom stereocenters. The van der Waals surface area contributed by atoms with Crippen LogP contribution >= 0.6 is 0 Å². The van der Waals surface area contributed by atoms with Crippen LogP contribution in [0.4, 0.5) is 13.2 Å². The van der Waals surface area contributed by atoms with Gasteiger partial charge in [0.15, 0.2) is 0 Å². The lowest BCUT2D eigenvalue weighted by atomic mass is 9.91. The average Bonchev–Trinajstić information content (AvgIpc) is 3.40. The Labute approximate surface area is 158 Å². The largest absolute Gasteiger partial charge is 0.545 e. The number of alkyl halides is 3. The number of benzene rings is 1. The summed E-state index contributed by atoms with van der Waals surface area (Å²) in [5.74, 6) is -1.53.